The molecule has 0 spiro atoms. The van der Waals surface area contributed by atoms with Crippen LogP contribution < -0.4 is 16.0 Å². The average molecular weight is 364 g/mol. The lowest BCUT2D eigenvalue weighted by Crippen LogP contribution is -2.29. The zero-order chi connectivity index (χ0) is 17.5. The molecule has 0 bridgehead atoms. The van der Waals surface area contributed by atoms with E-state index in [-0.39, 0.29) is 0 Å². The standard InChI is InChI=1S/C16H14ClN3O3S/c17-11-3-7-13(8-4-11)20-16(24)19-12-5-1-10(2-6-12)15(23)18-9-14(21)22/h1-8H,9H2,(H,18,23)(H,21,22)(H2,19,20,24). The molecule has 0 atom stereocenters. The van der Waals surface area contributed by atoms with Crippen LogP contribution in [0.3, 0.4) is 0 Å². The van der Waals surface area contributed by atoms with Gasteiger partial charge in [0.25, 0.3) is 5.91 Å². The van der Waals surface area contributed by atoms with Crippen LogP contribution in [0.4, 0.5) is 11.4 Å². The van der Waals surface area contributed by atoms with Crippen molar-refractivity contribution in [3.05, 3.63) is 59.1 Å². The topological polar surface area (TPSA) is 90.5 Å². The van der Waals surface area contributed by atoms with Crippen molar-refractivity contribution in [3.63, 3.8) is 0 Å². The van der Waals surface area contributed by atoms with Gasteiger partial charge in [-0.25, -0.2) is 0 Å². The number of aliphatic carboxylic acids is 1. The number of rotatable bonds is 5. The van der Waals surface area contributed by atoms with Gasteiger partial charge in [-0.15, -0.1) is 0 Å². The van der Waals surface area contributed by atoms with Crippen LogP contribution in [0.1, 0.15) is 10.4 Å². The van der Waals surface area contributed by atoms with Gasteiger partial charge in [0.2, 0.25) is 0 Å². The third kappa shape index (κ3) is 5.53. The molecule has 4 N–H and O–H groups in total. The Morgan fingerprint density at radius 3 is 1.96 bits per heavy atom. The van der Waals surface area contributed by atoms with E-state index in [1.807, 2.05) is 0 Å². The van der Waals surface area contributed by atoms with Crippen LogP contribution in [0.2, 0.25) is 5.02 Å². The Morgan fingerprint density at radius 2 is 1.46 bits per heavy atom. The molecule has 124 valence electrons. The van der Waals surface area contributed by atoms with Crippen molar-refractivity contribution in [3.8, 4) is 0 Å². The maximum absolute atomic E-state index is 11.7. The smallest absolute Gasteiger partial charge is 0.322 e. The number of carboxylic acids is 1. The first kappa shape index (κ1) is 17.7. The molecule has 0 fully saturated rings. The Balaban J connectivity index is 1.91. The van der Waals surface area contributed by atoms with E-state index in [2.05, 4.69) is 16.0 Å². The number of hydrogen-bond donors (Lipinski definition) is 4. The van der Waals surface area contributed by atoms with Gasteiger partial charge >= 0.3 is 5.97 Å². The molecular weight excluding hydrogens is 350 g/mol. The van der Waals surface area contributed by atoms with Crippen LogP contribution in [-0.2, 0) is 4.79 Å². The second kappa shape index (κ2) is 8.28. The summed E-state index contributed by atoms with van der Waals surface area (Å²) in [6.07, 6.45) is 0. The minimum Gasteiger partial charge on any atom is -0.480 e. The molecule has 0 aliphatic rings. The molecule has 6 nitrogen and oxygen atoms in total. The predicted octanol–water partition coefficient (Wildman–Crippen LogP) is 2.96. The molecule has 0 saturated carbocycles. The number of carbonyl (C=O) groups excluding carboxylic acids is 1. The maximum atomic E-state index is 11.7. The van der Waals surface area contributed by atoms with Crippen LogP contribution in [0, 0.1) is 0 Å². The molecule has 24 heavy (non-hydrogen) atoms. The number of carbonyl (C=O) groups is 2. The summed E-state index contributed by atoms with van der Waals surface area (Å²) in [5, 5.41) is 17.8. The number of thiocarbonyl (C=S) groups is 1. The van der Waals surface area contributed by atoms with Gasteiger partial charge < -0.3 is 21.1 Å². The summed E-state index contributed by atoms with van der Waals surface area (Å²) in [4.78, 5) is 22.1. The first-order valence-electron chi connectivity index (χ1n) is 6.87. The second-order valence-electron chi connectivity index (χ2n) is 4.74. The molecule has 0 saturated heterocycles. The second-order valence-corrected chi connectivity index (χ2v) is 5.58. The Kier molecular flexibility index (Phi) is 6.11. The fourth-order valence-electron chi connectivity index (χ4n) is 1.79. The van der Waals surface area contributed by atoms with E-state index in [0.717, 1.165) is 5.69 Å². The van der Waals surface area contributed by atoms with Gasteiger partial charge in [0.05, 0.1) is 0 Å². The Morgan fingerprint density at radius 1 is 0.958 bits per heavy atom. The van der Waals surface area contributed by atoms with Crippen LogP contribution in [-0.4, -0.2) is 28.6 Å². The zero-order valence-electron chi connectivity index (χ0n) is 12.4. The third-order valence-electron chi connectivity index (χ3n) is 2.91. The monoisotopic (exact) mass is 363 g/mol. The summed E-state index contributed by atoms with van der Waals surface area (Å²) in [5.74, 6) is -1.55. The van der Waals surface area contributed by atoms with Crippen molar-refractivity contribution in [1.82, 2.24) is 5.32 Å². The highest BCUT2D eigenvalue weighted by atomic mass is 35.5. The Labute approximate surface area is 148 Å². The van der Waals surface area contributed by atoms with E-state index in [1.165, 1.54) is 0 Å². The van der Waals surface area contributed by atoms with Crippen molar-refractivity contribution < 1.29 is 14.7 Å². The normalized spacial score (nSPS) is 9.88. The number of benzene rings is 2. The SMILES string of the molecule is O=C(O)CNC(=O)c1ccc(NC(=S)Nc2ccc(Cl)cc2)cc1. The molecular formula is C16H14ClN3O3S. The molecule has 0 aromatic heterocycles. The molecule has 0 aliphatic heterocycles. The number of halogens is 1. The summed E-state index contributed by atoms with van der Waals surface area (Å²) >= 11 is 11.0. The first-order valence-corrected chi connectivity index (χ1v) is 7.66. The predicted molar refractivity (Wildman–Crippen MR) is 97.7 cm³/mol. The number of amides is 1. The average Bonchev–Trinajstić information content (AvgIpc) is 2.55. The van der Waals surface area contributed by atoms with Gasteiger partial charge in [0.15, 0.2) is 5.11 Å². The fourth-order valence-corrected chi connectivity index (χ4v) is 2.15. The first-order chi connectivity index (χ1) is 11.4. The summed E-state index contributed by atoms with van der Waals surface area (Å²) in [7, 11) is 0. The van der Waals surface area contributed by atoms with Gasteiger partial charge in [-0.1, -0.05) is 11.6 Å². The highest BCUT2D eigenvalue weighted by Gasteiger charge is 2.07. The molecule has 0 heterocycles. The van der Waals surface area contributed by atoms with Crippen LogP contribution in [0.15, 0.2) is 48.5 Å². The lowest BCUT2D eigenvalue weighted by atomic mass is 10.2. The lowest BCUT2D eigenvalue weighted by Gasteiger charge is -2.11. The third-order valence-corrected chi connectivity index (χ3v) is 3.36. The minimum absolute atomic E-state index is 0.360. The fraction of sp³-hybridized carbons (Fsp3) is 0.0625. The van der Waals surface area contributed by atoms with Gasteiger partial charge in [0, 0.05) is 22.0 Å². The number of hydrogen-bond acceptors (Lipinski definition) is 3. The molecule has 1 amide bonds. The lowest BCUT2D eigenvalue weighted by molar-refractivity contribution is -0.135. The summed E-state index contributed by atoms with van der Waals surface area (Å²) < 4.78 is 0. The van der Waals surface area contributed by atoms with Crippen molar-refractivity contribution in [1.29, 1.82) is 0 Å². The quantitative estimate of drug-likeness (QED) is 0.611. The van der Waals surface area contributed by atoms with Crippen molar-refractivity contribution >= 4 is 52.2 Å². The highest BCUT2D eigenvalue weighted by molar-refractivity contribution is 7.80. The largest absolute Gasteiger partial charge is 0.480 e. The molecule has 0 unspecified atom stereocenters. The molecule has 2 rings (SSSR count). The molecule has 0 radical (unpaired) electrons. The van der Waals surface area contributed by atoms with Crippen LogP contribution in [0.25, 0.3) is 0 Å². The van der Waals surface area contributed by atoms with E-state index in [4.69, 9.17) is 28.9 Å². The van der Waals surface area contributed by atoms with Crippen LogP contribution >= 0.6 is 23.8 Å². The van der Waals surface area contributed by atoms with Gasteiger partial charge in [0.1, 0.15) is 6.54 Å². The Hall–Kier alpha value is -2.64. The van der Waals surface area contributed by atoms with Crippen molar-refractivity contribution in [2.75, 3.05) is 17.2 Å². The zero-order valence-corrected chi connectivity index (χ0v) is 13.9. The van der Waals surface area contributed by atoms with Gasteiger partial charge in [-0.05, 0) is 60.7 Å². The Bertz CT molecular complexity index is 748. The number of anilines is 2. The van der Waals surface area contributed by atoms with E-state index in [9.17, 15) is 9.59 Å². The van der Waals surface area contributed by atoms with Crippen molar-refractivity contribution in [2.24, 2.45) is 0 Å². The minimum atomic E-state index is -1.10. The summed E-state index contributed by atoms with van der Waals surface area (Å²) in [6, 6.07) is 13.6. The number of carboxylic acid groups (broad SMARTS) is 1. The maximum Gasteiger partial charge on any atom is 0.322 e. The van der Waals surface area contributed by atoms with Gasteiger partial charge in [-0.2, -0.15) is 0 Å². The summed E-state index contributed by atoms with van der Waals surface area (Å²) in [6.45, 7) is -0.423. The summed E-state index contributed by atoms with van der Waals surface area (Å²) in [5.41, 5.74) is 1.84. The molecule has 2 aromatic carbocycles. The van der Waals surface area contributed by atoms with Crippen LogP contribution in [0.5, 0.6) is 0 Å². The number of nitrogens with one attached hydrogen (secondary N) is 3. The highest BCUT2D eigenvalue weighted by Crippen LogP contribution is 2.14. The van der Waals surface area contributed by atoms with E-state index in [0.29, 0.717) is 21.4 Å². The van der Waals surface area contributed by atoms with E-state index >= 15 is 0 Å². The van der Waals surface area contributed by atoms with E-state index < -0.39 is 18.4 Å². The molecule has 8 heteroatoms. The molecule has 0 aliphatic carbocycles. The molecule has 2 aromatic rings. The van der Waals surface area contributed by atoms with Gasteiger partial charge in [-0.3, -0.25) is 9.59 Å². The van der Waals surface area contributed by atoms with E-state index in [1.54, 1.807) is 48.5 Å². The van der Waals surface area contributed by atoms with Crippen molar-refractivity contribution in [2.45, 2.75) is 0 Å².